The number of benzene rings is 2. The summed E-state index contributed by atoms with van der Waals surface area (Å²) in [6, 6.07) is 11.9. The topological polar surface area (TPSA) is 0 Å². The Balaban J connectivity index is 2.02. The lowest BCUT2D eigenvalue weighted by Crippen LogP contribution is -2.34. The van der Waals surface area contributed by atoms with Crippen molar-refractivity contribution in [3.05, 3.63) is 58.1 Å². The SMILES string of the molecule is CC1(C)c2cccc3c2-c2c1ccc1c2C(CCC1)C3(C)C. The van der Waals surface area contributed by atoms with Crippen LogP contribution in [0.1, 0.15) is 74.3 Å². The van der Waals surface area contributed by atoms with Gasteiger partial charge in [0.15, 0.2) is 0 Å². The summed E-state index contributed by atoms with van der Waals surface area (Å²) in [5, 5.41) is 0. The van der Waals surface area contributed by atoms with E-state index in [1.807, 2.05) is 0 Å². The Bertz CT molecular complexity index is 820. The second-order valence-electron chi connectivity index (χ2n) is 8.58. The van der Waals surface area contributed by atoms with Gasteiger partial charge in [-0.25, -0.2) is 0 Å². The quantitative estimate of drug-likeness (QED) is 0.583. The Morgan fingerprint density at radius 1 is 0.864 bits per heavy atom. The summed E-state index contributed by atoms with van der Waals surface area (Å²) in [5.74, 6) is 0.697. The summed E-state index contributed by atoms with van der Waals surface area (Å²) in [7, 11) is 0. The number of aryl methyl sites for hydroxylation is 1. The molecule has 0 heterocycles. The Hall–Kier alpha value is -1.56. The molecule has 0 heteroatoms. The highest BCUT2D eigenvalue weighted by atomic mass is 14.5. The summed E-state index contributed by atoms with van der Waals surface area (Å²) in [6.45, 7) is 9.76. The first-order valence-corrected chi connectivity index (χ1v) is 8.74. The van der Waals surface area contributed by atoms with Gasteiger partial charge in [0.25, 0.3) is 0 Å². The summed E-state index contributed by atoms with van der Waals surface area (Å²) in [5.41, 5.74) is 11.7. The summed E-state index contributed by atoms with van der Waals surface area (Å²) < 4.78 is 0. The molecule has 0 amide bonds. The molecule has 0 aromatic heterocycles. The van der Waals surface area contributed by atoms with Crippen molar-refractivity contribution in [3.8, 4) is 11.1 Å². The molecule has 0 bridgehead atoms. The van der Waals surface area contributed by atoms with Gasteiger partial charge in [-0.05, 0) is 69.5 Å². The highest BCUT2D eigenvalue weighted by molar-refractivity contribution is 5.89. The summed E-state index contributed by atoms with van der Waals surface area (Å²) >= 11 is 0. The molecule has 0 nitrogen and oxygen atoms in total. The zero-order valence-corrected chi connectivity index (χ0v) is 14.1. The van der Waals surface area contributed by atoms with E-state index in [1.165, 1.54) is 19.3 Å². The van der Waals surface area contributed by atoms with Gasteiger partial charge in [0.2, 0.25) is 0 Å². The Morgan fingerprint density at radius 3 is 2.41 bits per heavy atom. The van der Waals surface area contributed by atoms with Gasteiger partial charge in [0.05, 0.1) is 0 Å². The number of hydrogen-bond acceptors (Lipinski definition) is 0. The van der Waals surface area contributed by atoms with Crippen LogP contribution in [-0.2, 0) is 17.3 Å². The molecule has 1 unspecified atom stereocenters. The fourth-order valence-electron chi connectivity index (χ4n) is 5.64. The highest BCUT2D eigenvalue weighted by Crippen LogP contribution is 2.62. The Labute approximate surface area is 133 Å². The molecule has 1 atom stereocenters. The third kappa shape index (κ3) is 1.23. The average molecular weight is 288 g/mol. The lowest BCUT2D eigenvalue weighted by atomic mass is 9.59. The Kier molecular flexibility index (Phi) is 2.16. The van der Waals surface area contributed by atoms with Crippen LogP contribution in [0.2, 0.25) is 0 Å². The van der Waals surface area contributed by atoms with Crippen molar-refractivity contribution in [1.29, 1.82) is 0 Å². The third-order valence-corrected chi connectivity index (χ3v) is 6.85. The van der Waals surface area contributed by atoms with Crippen molar-refractivity contribution >= 4 is 0 Å². The van der Waals surface area contributed by atoms with E-state index >= 15 is 0 Å². The predicted molar refractivity (Wildman–Crippen MR) is 92.7 cm³/mol. The standard InChI is InChI=1S/C22H24/c1-21(2)14-8-5-7-13-11-12-17-20(18(13)14)19-15(21)9-6-10-16(19)22(17,3)4/h6,9-12,14H,5,7-8H2,1-4H3. The molecule has 112 valence electrons. The molecule has 0 aliphatic heterocycles. The van der Waals surface area contributed by atoms with E-state index in [0.29, 0.717) is 5.92 Å². The zero-order chi connectivity index (χ0) is 15.3. The minimum Gasteiger partial charge on any atom is -0.0616 e. The lowest BCUT2D eigenvalue weighted by Gasteiger charge is -2.45. The molecule has 0 saturated carbocycles. The van der Waals surface area contributed by atoms with Gasteiger partial charge in [-0.15, -0.1) is 0 Å². The van der Waals surface area contributed by atoms with E-state index in [2.05, 4.69) is 58.0 Å². The highest BCUT2D eigenvalue weighted by Gasteiger charge is 2.48. The van der Waals surface area contributed by atoms with Crippen molar-refractivity contribution in [2.45, 2.75) is 63.7 Å². The molecule has 0 N–H and O–H groups in total. The van der Waals surface area contributed by atoms with E-state index in [9.17, 15) is 0 Å². The van der Waals surface area contributed by atoms with Crippen molar-refractivity contribution < 1.29 is 0 Å². The van der Waals surface area contributed by atoms with Gasteiger partial charge in [0, 0.05) is 5.41 Å². The van der Waals surface area contributed by atoms with Crippen LogP contribution < -0.4 is 0 Å². The fraction of sp³-hybridized carbons (Fsp3) is 0.455. The number of rotatable bonds is 0. The van der Waals surface area contributed by atoms with Gasteiger partial charge >= 0.3 is 0 Å². The van der Waals surface area contributed by atoms with E-state index in [1.54, 1.807) is 38.9 Å². The summed E-state index contributed by atoms with van der Waals surface area (Å²) in [4.78, 5) is 0. The monoisotopic (exact) mass is 288 g/mol. The van der Waals surface area contributed by atoms with Crippen LogP contribution in [0.15, 0.2) is 30.3 Å². The first kappa shape index (κ1) is 12.9. The second-order valence-corrected chi connectivity index (χ2v) is 8.58. The minimum atomic E-state index is 0.151. The zero-order valence-electron chi connectivity index (χ0n) is 14.1. The van der Waals surface area contributed by atoms with Gasteiger partial charge in [-0.1, -0.05) is 58.0 Å². The fourth-order valence-corrected chi connectivity index (χ4v) is 5.64. The molecule has 5 rings (SSSR count). The molecule has 22 heavy (non-hydrogen) atoms. The van der Waals surface area contributed by atoms with Crippen molar-refractivity contribution in [2.24, 2.45) is 0 Å². The maximum absolute atomic E-state index is 2.48. The predicted octanol–water partition coefficient (Wildman–Crippen LogP) is 5.70. The van der Waals surface area contributed by atoms with E-state index in [-0.39, 0.29) is 10.8 Å². The van der Waals surface area contributed by atoms with E-state index < -0.39 is 0 Å². The van der Waals surface area contributed by atoms with Crippen LogP contribution in [0.5, 0.6) is 0 Å². The smallest absolute Gasteiger partial charge is 0.0159 e. The largest absolute Gasteiger partial charge is 0.0616 e. The van der Waals surface area contributed by atoms with Gasteiger partial charge < -0.3 is 0 Å². The minimum absolute atomic E-state index is 0.151. The first-order valence-electron chi connectivity index (χ1n) is 8.74. The van der Waals surface area contributed by atoms with Gasteiger partial charge in [-0.3, -0.25) is 0 Å². The van der Waals surface area contributed by atoms with Gasteiger partial charge in [-0.2, -0.15) is 0 Å². The first-order chi connectivity index (χ1) is 10.4. The van der Waals surface area contributed by atoms with Crippen molar-refractivity contribution in [3.63, 3.8) is 0 Å². The molecule has 0 saturated heterocycles. The molecule has 0 fully saturated rings. The van der Waals surface area contributed by atoms with Crippen LogP contribution >= 0.6 is 0 Å². The van der Waals surface area contributed by atoms with Crippen molar-refractivity contribution in [2.75, 3.05) is 0 Å². The number of hydrogen-bond donors (Lipinski definition) is 0. The summed E-state index contributed by atoms with van der Waals surface area (Å²) in [6.07, 6.45) is 3.96. The van der Waals surface area contributed by atoms with Crippen LogP contribution in [-0.4, -0.2) is 0 Å². The normalized spacial score (nSPS) is 25.0. The third-order valence-electron chi connectivity index (χ3n) is 6.85. The van der Waals surface area contributed by atoms with Gasteiger partial charge in [0.1, 0.15) is 0 Å². The molecule has 2 aromatic rings. The molecule has 0 radical (unpaired) electrons. The maximum atomic E-state index is 2.48. The van der Waals surface area contributed by atoms with Crippen molar-refractivity contribution in [1.82, 2.24) is 0 Å². The van der Waals surface area contributed by atoms with Crippen LogP contribution in [0, 0.1) is 0 Å². The lowest BCUT2D eigenvalue weighted by molar-refractivity contribution is 0.363. The van der Waals surface area contributed by atoms with Crippen LogP contribution in [0.4, 0.5) is 0 Å². The van der Waals surface area contributed by atoms with E-state index in [0.717, 1.165) is 0 Å². The van der Waals surface area contributed by atoms with Crippen LogP contribution in [0.3, 0.4) is 0 Å². The molecule has 3 aliphatic rings. The molecule has 0 spiro atoms. The average Bonchev–Trinajstić information content (AvgIpc) is 2.74. The molecular formula is C22H24. The molecule has 2 aromatic carbocycles. The second kappa shape index (κ2) is 3.67. The Morgan fingerprint density at radius 2 is 1.59 bits per heavy atom. The maximum Gasteiger partial charge on any atom is 0.0159 e. The molecular weight excluding hydrogens is 264 g/mol. The molecule has 3 aliphatic carbocycles. The van der Waals surface area contributed by atoms with Crippen LogP contribution in [0.25, 0.3) is 11.1 Å². The van der Waals surface area contributed by atoms with E-state index in [4.69, 9.17) is 0 Å².